The van der Waals surface area contributed by atoms with E-state index < -0.39 is 6.10 Å². The van der Waals surface area contributed by atoms with Gasteiger partial charge in [-0.2, -0.15) is 0 Å². The number of hydrogen-bond acceptors (Lipinski definition) is 4. The standard InChI is InChI=1S/C16H19BrN2O2/c1-12(16-4-2-3-9-18-16)19-10-14(20)11-21-15-7-5-13(17)6-8-15/h2-9,12,14,19-20H,10-11H2,1H3/t12-,14?/m1/s1. The van der Waals surface area contributed by atoms with Crippen molar-refractivity contribution in [2.75, 3.05) is 13.2 Å². The summed E-state index contributed by atoms with van der Waals surface area (Å²) in [5, 5.41) is 13.2. The summed E-state index contributed by atoms with van der Waals surface area (Å²) in [4.78, 5) is 4.28. The number of hydrogen-bond donors (Lipinski definition) is 2. The molecule has 1 aromatic heterocycles. The monoisotopic (exact) mass is 350 g/mol. The molecular weight excluding hydrogens is 332 g/mol. The third-order valence-electron chi connectivity index (χ3n) is 3.05. The van der Waals surface area contributed by atoms with Gasteiger partial charge in [0.2, 0.25) is 0 Å². The summed E-state index contributed by atoms with van der Waals surface area (Å²) in [7, 11) is 0. The Kier molecular flexibility index (Phi) is 6.17. The summed E-state index contributed by atoms with van der Waals surface area (Å²) in [6.07, 6.45) is 1.19. The van der Waals surface area contributed by atoms with Crippen LogP contribution in [0.3, 0.4) is 0 Å². The molecule has 0 spiro atoms. The second-order valence-electron chi connectivity index (χ2n) is 4.80. The Morgan fingerprint density at radius 3 is 2.67 bits per heavy atom. The average Bonchev–Trinajstić information content (AvgIpc) is 2.53. The van der Waals surface area contributed by atoms with E-state index in [9.17, 15) is 5.11 Å². The molecule has 0 aliphatic carbocycles. The van der Waals surface area contributed by atoms with Gasteiger partial charge in [-0.3, -0.25) is 4.98 Å². The van der Waals surface area contributed by atoms with Crippen molar-refractivity contribution >= 4 is 15.9 Å². The first-order chi connectivity index (χ1) is 10.1. The molecule has 2 N–H and O–H groups in total. The van der Waals surface area contributed by atoms with Crippen LogP contribution in [0.15, 0.2) is 53.1 Å². The highest BCUT2D eigenvalue weighted by Crippen LogP contribution is 2.16. The van der Waals surface area contributed by atoms with Crippen molar-refractivity contribution in [1.82, 2.24) is 10.3 Å². The highest BCUT2D eigenvalue weighted by atomic mass is 79.9. The molecule has 5 heteroatoms. The normalized spacial score (nSPS) is 13.7. The van der Waals surface area contributed by atoms with E-state index in [1.807, 2.05) is 49.4 Å². The van der Waals surface area contributed by atoms with Crippen LogP contribution in [0.5, 0.6) is 5.75 Å². The Morgan fingerprint density at radius 1 is 1.24 bits per heavy atom. The lowest BCUT2D eigenvalue weighted by atomic mass is 10.2. The molecule has 1 unspecified atom stereocenters. The third-order valence-corrected chi connectivity index (χ3v) is 3.58. The van der Waals surface area contributed by atoms with E-state index in [1.54, 1.807) is 6.20 Å². The number of aliphatic hydroxyl groups is 1. The van der Waals surface area contributed by atoms with Crippen molar-refractivity contribution in [3.05, 3.63) is 58.8 Å². The van der Waals surface area contributed by atoms with E-state index in [0.717, 1.165) is 15.9 Å². The van der Waals surface area contributed by atoms with E-state index in [0.29, 0.717) is 6.54 Å². The lowest BCUT2D eigenvalue weighted by molar-refractivity contribution is 0.104. The first-order valence-electron chi connectivity index (χ1n) is 6.86. The van der Waals surface area contributed by atoms with E-state index in [2.05, 4.69) is 26.2 Å². The zero-order chi connectivity index (χ0) is 15.1. The van der Waals surface area contributed by atoms with Crippen molar-refractivity contribution in [2.24, 2.45) is 0 Å². The number of pyridine rings is 1. The molecule has 0 aliphatic rings. The molecule has 2 rings (SSSR count). The van der Waals surface area contributed by atoms with Crippen LogP contribution in [0.2, 0.25) is 0 Å². The van der Waals surface area contributed by atoms with Gasteiger partial charge in [0.25, 0.3) is 0 Å². The molecular formula is C16H19BrN2O2. The average molecular weight is 351 g/mol. The van der Waals surface area contributed by atoms with Crippen molar-refractivity contribution in [1.29, 1.82) is 0 Å². The van der Waals surface area contributed by atoms with Gasteiger partial charge in [-0.1, -0.05) is 22.0 Å². The van der Waals surface area contributed by atoms with Gasteiger partial charge in [-0.15, -0.1) is 0 Å². The molecule has 4 nitrogen and oxygen atoms in total. The molecule has 2 aromatic rings. The maximum absolute atomic E-state index is 9.94. The summed E-state index contributed by atoms with van der Waals surface area (Å²) >= 11 is 3.37. The van der Waals surface area contributed by atoms with Crippen LogP contribution < -0.4 is 10.1 Å². The van der Waals surface area contributed by atoms with Crippen LogP contribution >= 0.6 is 15.9 Å². The van der Waals surface area contributed by atoms with Gasteiger partial charge < -0.3 is 15.2 Å². The van der Waals surface area contributed by atoms with Gasteiger partial charge in [0.05, 0.1) is 5.69 Å². The van der Waals surface area contributed by atoms with Gasteiger partial charge >= 0.3 is 0 Å². The van der Waals surface area contributed by atoms with Gasteiger partial charge in [0.1, 0.15) is 18.5 Å². The summed E-state index contributed by atoms with van der Waals surface area (Å²) in [6.45, 7) is 2.72. The molecule has 0 aliphatic heterocycles. The summed E-state index contributed by atoms with van der Waals surface area (Å²) in [6, 6.07) is 13.4. The molecule has 0 saturated heterocycles. The van der Waals surface area contributed by atoms with Crippen LogP contribution in [0.4, 0.5) is 0 Å². The van der Waals surface area contributed by atoms with E-state index >= 15 is 0 Å². The highest BCUT2D eigenvalue weighted by Gasteiger charge is 2.10. The fourth-order valence-corrected chi connectivity index (χ4v) is 2.10. The molecule has 2 atom stereocenters. The first-order valence-corrected chi connectivity index (χ1v) is 7.65. The van der Waals surface area contributed by atoms with Crippen LogP contribution in [0.25, 0.3) is 0 Å². The maximum Gasteiger partial charge on any atom is 0.119 e. The second-order valence-corrected chi connectivity index (χ2v) is 5.72. The molecule has 0 saturated carbocycles. The molecule has 0 radical (unpaired) electrons. The van der Waals surface area contributed by atoms with Crippen LogP contribution in [0.1, 0.15) is 18.7 Å². The molecule has 0 fully saturated rings. The van der Waals surface area contributed by atoms with Crippen LogP contribution in [-0.2, 0) is 0 Å². The maximum atomic E-state index is 9.94. The predicted octanol–water partition coefficient (Wildman–Crippen LogP) is 2.93. The molecule has 1 aromatic carbocycles. The number of rotatable bonds is 7. The minimum Gasteiger partial charge on any atom is -0.491 e. The Bertz CT molecular complexity index is 534. The van der Waals surface area contributed by atoms with Gasteiger partial charge in [-0.25, -0.2) is 0 Å². The highest BCUT2D eigenvalue weighted by molar-refractivity contribution is 9.10. The Hall–Kier alpha value is -1.43. The predicted molar refractivity (Wildman–Crippen MR) is 86.3 cm³/mol. The molecule has 21 heavy (non-hydrogen) atoms. The zero-order valence-corrected chi connectivity index (χ0v) is 13.5. The summed E-state index contributed by atoms with van der Waals surface area (Å²) in [5.74, 6) is 0.745. The molecule has 112 valence electrons. The Balaban J connectivity index is 1.72. The van der Waals surface area contributed by atoms with Crippen molar-refractivity contribution in [2.45, 2.75) is 19.1 Å². The number of ether oxygens (including phenoxy) is 1. The van der Waals surface area contributed by atoms with Gasteiger partial charge in [0, 0.05) is 23.3 Å². The third kappa shape index (κ3) is 5.46. The molecule has 0 amide bonds. The lowest BCUT2D eigenvalue weighted by Gasteiger charge is -2.17. The Labute approximate surface area is 133 Å². The minimum absolute atomic E-state index is 0.0912. The van der Waals surface area contributed by atoms with Gasteiger partial charge in [-0.05, 0) is 43.3 Å². The van der Waals surface area contributed by atoms with Crippen molar-refractivity contribution < 1.29 is 9.84 Å². The van der Waals surface area contributed by atoms with Crippen LogP contribution in [0, 0.1) is 0 Å². The fourth-order valence-electron chi connectivity index (χ4n) is 1.83. The quantitative estimate of drug-likeness (QED) is 0.805. The largest absolute Gasteiger partial charge is 0.491 e. The summed E-state index contributed by atoms with van der Waals surface area (Å²) in [5.41, 5.74) is 0.957. The first kappa shape index (κ1) is 15.9. The number of aromatic nitrogens is 1. The molecule has 1 heterocycles. The smallest absolute Gasteiger partial charge is 0.119 e. The zero-order valence-electron chi connectivity index (χ0n) is 11.9. The summed E-state index contributed by atoms with van der Waals surface area (Å²) < 4.78 is 6.54. The topological polar surface area (TPSA) is 54.4 Å². The lowest BCUT2D eigenvalue weighted by Crippen LogP contribution is -2.33. The Morgan fingerprint density at radius 2 is 2.00 bits per heavy atom. The van der Waals surface area contributed by atoms with Crippen molar-refractivity contribution in [3.8, 4) is 5.75 Å². The number of nitrogens with zero attached hydrogens (tertiary/aromatic N) is 1. The van der Waals surface area contributed by atoms with Crippen molar-refractivity contribution in [3.63, 3.8) is 0 Å². The van der Waals surface area contributed by atoms with Crippen LogP contribution in [-0.4, -0.2) is 29.3 Å². The number of benzene rings is 1. The minimum atomic E-state index is -0.570. The second kappa shape index (κ2) is 8.12. The number of halogens is 1. The van der Waals surface area contributed by atoms with E-state index in [-0.39, 0.29) is 12.6 Å². The number of aliphatic hydroxyl groups excluding tert-OH is 1. The SMILES string of the molecule is C[C@@H](NCC(O)COc1ccc(Br)cc1)c1ccccn1. The van der Waals surface area contributed by atoms with Gasteiger partial charge in [0.15, 0.2) is 0 Å². The van der Waals surface area contributed by atoms with E-state index in [4.69, 9.17) is 4.74 Å². The number of nitrogens with one attached hydrogen (secondary N) is 1. The van der Waals surface area contributed by atoms with E-state index in [1.165, 1.54) is 0 Å². The molecule has 0 bridgehead atoms. The fraction of sp³-hybridized carbons (Fsp3) is 0.312.